The van der Waals surface area contributed by atoms with Gasteiger partial charge in [0.15, 0.2) is 0 Å². The van der Waals surface area contributed by atoms with E-state index >= 15 is 0 Å². The van der Waals surface area contributed by atoms with E-state index in [-0.39, 0.29) is 0 Å². The van der Waals surface area contributed by atoms with E-state index in [2.05, 4.69) is 42.8 Å². The van der Waals surface area contributed by atoms with Crippen LogP contribution in [-0.4, -0.2) is 28.2 Å². The summed E-state index contributed by atoms with van der Waals surface area (Å²) in [4.78, 5) is 2.47. The molecule has 5 heteroatoms. The number of hydrogen-bond acceptors (Lipinski definition) is 4. The molecule has 0 amide bonds. The van der Waals surface area contributed by atoms with Crippen LogP contribution in [-0.2, 0) is 6.54 Å². The summed E-state index contributed by atoms with van der Waals surface area (Å²) in [5, 5.41) is 8.99. The molecule has 0 fully saturated rings. The molecule has 0 N–H and O–H groups in total. The van der Waals surface area contributed by atoms with E-state index < -0.39 is 0 Å². The lowest BCUT2D eigenvalue weighted by atomic mass is 10.1. The Morgan fingerprint density at radius 1 is 1.06 bits per heavy atom. The average molecular weight is 290 g/mol. The Bertz CT molecular complexity index is 327. The van der Waals surface area contributed by atoms with Crippen molar-refractivity contribution < 1.29 is 0 Å². The van der Waals surface area contributed by atoms with Gasteiger partial charge in [-0.1, -0.05) is 39.0 Å². The predicted octanol–water partition coefficient (Wildman–Crippen LogP) is 4.09. The largest absolute Gasteiger partial charge is 0.297 e. The van der Waals surface area contributed by atoms with E-state index in [1.807, 2.05) is 0 Å². The van der Waals surface area contributed by atoms with E-state index in [1.54, 1.807) is 0 Å². The fourth-order valence-electron chi connectivity index (χ4n) is 1.64. The van der Waals surface area contributed by atoms with E-state index in [0.717, 1.165) is 36.5 Å². The minimum absolute atomic E-state index is 0.540. The highest BCUT2D eigenvalue weighted by Gasteiger charge is 2.11. The Hall–Kier alpha value is -0.190. The third-order valence-electron chi connectivity index (χ3n) is 2.85. The molecular formula is C13H24ClN3S. The fraction of sp³-hybridized carbons (Fsp3) is 0.846. The highest BCUT2D eigenvalue weighted by atomic mass is 35.5. The summed E-state index contributed by atoms with van der Waals surface area (Å²) < 4.78 is 0.540. The molecule has 0 aliphatic carbocycles. The first-order valence-corrected chi connectivity index (χ1v) is 7.87. The Morgan fingerprint density at radius 3 is 2.00 bits per heavy atom. The molecule has 1 aromatic rings. The molecule has 0 aliphatic rings. The first kappa shape index (κ1) is 15.9. The molecule has 0 unspecified atom stereocenters. The standard InChI is InChI=1S/C13H24ClN3S/c1-10(2)5-7-17(8-6-11(3)4)9-12-15-16-13(14)18-12/h10-11H,5-9H2,1-4H3. The van der Waals surface area contributed by atoms with Crippen molar-refractivity contribution in [2.75, 3.05) is 13.1 Å². The molecule has 18 heavy (non-hydrogen) atoms. The van der Waals surface area contributed by atoms with Gasteiger partial charge in [0.1, 0.15) is 5.01 Å². The maximum atomic E-state index is 5.83. The number of aromatic nitrogens is 2. The smallest absolute Gasteiger partial charge is 0.207 e. The van der Waals surface area contributed by atoms with Crippen LogP contribution >= 0.6 is 22.9 Å². The van der Waals surface area contributed by atoms with Crippen LogP contribution in [0.25, 0.3) is 0 Å². The number of hydrogen-bond donors (Lipinski definition) is 0. The van der Waals surface area contributed by atoms with Crippen molar-refractivity contribution in [1.82, 2.24) is 15.1 Å². The van der Waals surface area contributed by atoms with Crippen LogP contribution in [0, 0.1) is 11.8 Å². The first-order valence-electron chi connectivity index (χ1n) is 6.67. The molecule has 0 radical (unpaired) electrons. The van der Waals surface area contributed by atoms with Crippen molar-refractivity contribution in [3.8, 4) is 0 Å². The summed E-state index contributed by atoms with van der Waals surface area (Å²) in [5.41, 5.74) is 0. The molecule has 0 atom stereocenters. The van der Waals surface area contributed by atoms with Crippen LogP contribution in [0.4, 0.5) is 0 Å². The lowest BCUT2D eigenvalue weighted by Gasteiger charge is -2.22. The van der Waals surface area contributed by atoms with Crippen molar-refractivity contribution in [2.45, 2.75) is 47.1 Å². The van der Waals surface area contributed by atoms with Gasteiger partial charge >= 0.3 is 0 Å². The summed E-state index contributed by atoms with van der Waals surface area (Å²) in [6.07, 6.45) is 2.45. The molecule has 104 valence electrons. The topological polar surface area (TPSA) is 29.0 Å². The average Bonchev–Trinajstić information content (AvgIpc) is 2.67. The number of nitrogens with zero attached hydrogens (tertiary/aromatic N) is 3. The van der Waals surface area contributed by atoms with E-state index in [0.29, 0.717) is 4.47 Å². The predicted molar refractivity (Wildman–Crippen MR) is 79.1 cm³/mol. The van der Waals surface area contributed by atoms with E-state index in [4.69, 9.17) is 11.6 Å². The van der Waals surface area contributed by atoms with Crippen molar-refractivity contribution in [1.29, 1.82) is 0 Å². The highest BCUT2D eigenvalue weighted by Crippen LogP contribution is 2.17. The molecule has 1 rings (SSSR count). The van der Waals surface area contributed by atoms with Crippen molar-refractivity contribution in [2.24, 2.45) is 11.8 Å². The fourth-order valence-corrected chi connectivity index (χ4v) is 2.55. The molecule has 1 aromatic heterocycles. The van der Waals surface area contributed by atoms with Crippen molar-refractivity contribution >= 4 is 22.9 Å². The molecule has 0 spiro atoms. The zero-order chi connectivity index (χ0) is 13.5. The van der Waals surface area contributed by atoms with Gasteiger partial charge in [0.25, 0.3) is 0 Å². The summed E-state index contributed by atoms with van der Waals surface area (Å²) in [5.74, 6) is 1.48. The highest BCUT2D eigenvalue weighted by molar-refractivity contribution is 7.15. The lowest BCUT2D eigenvalue weighted by molar-refractivity contribution is 0.235. The van der Waals surface area contributed by atoms with Gasteiger partial charge in [-0.05, 0) is 49.4 Å². The quantitative estimate of drug-likeness (QED) is 0.722. The second kappa shape index (κ2) is 8.08. The van der Waals surface area contributed by atoms with Crippen LogP contribution in [0.15, 0.2) is 0 Å². The third-order valence-corrected chi connectivity index (χ3v) is 3.85. The molecule has 0 aromatic carbocycles. The maximum Gasteiger partial charge on any atom is 0.207 e. The molecule has 0 saturated carbocycles. The van der Waals surface area contributed by atoms with Crippen LogP contribution < -0.4 is 0 Å². The summed E-state index contributed by atoms with van der Waals surface area (Å²) in [6.45, 7) is 12.2. The molecule has 3 nitrogen and oxygen atoms in total. The number of halogens is 1. The zero-order valence-corrected chi connectivity index (χ0v) is 13.4. The lowest BCUT2D eigenvalue weighted by Crippen LogP contribution is -2.27. The van der Waals surface area contributed by atoms with Crippen LogP contribution in [0.3, 0.4) is 0 Å². The SMILES string of the molecule is CC(C)CCN(CCC(C)C)Cc1nnc(Cl)s1. The molecular weight excluding hydrogens is 266 g/mol. The second-order valence-electron chi connectivity index (χ2n) is 5.59. The van der Waals surface area contributed by atoms with Gasteiger partial charge in [0.05, 0.1) is 6.54 Å². The molecule has 0 bridgehead atoms. The van der Waals surface area contributed by atoms with Gasteiger partial charge in [0.2, 0.25) is 4.47 Å². The Balaban J connectivity index is 2.47. The summed E-state index contributed by atoms with van der Waals surface area (Å²) in [7, 11) is 0. The van der Waals surface area contributed by atoms with Gasteiger partial charge in [-0.2, -0.15) is 0 Å². The molecule has 1 heterocycles. The van der Waals surface area contributed by atoms with Gasteiger partial charge in [-0.3, -0.25) is 4.90 Å². The van der Waals surface area contributed by atoms with E-state index in [9.17, 15) is 0 Å². The Morgan fingerprint density at radius 2 is 1.61 bits per heavy atom. The molecule has 0 saturated heterocycles. The summed E-state index contributed by atoms with van der Waals surface area (Å²) in [6, 6.07) is 0. The second-order valence-corrected chi connectivity index (χ2v) is 7.23. The normalized spacial score (nSPS) is 12.0. The van der Waals surface area contributed by atoms with Crippen LogP contribution in [0.2, 0.25) is 4.47 Å². The van der Waals surface area contributed by atoms with Crippen LogP contribution in [0.5, 0.6) is 0 Å². The molecule has 0 aliphatic heterocycles. The van der Waals surface area contributed by atoms with E-state index in [1.165, 1.54) is 24.2 Å². The monoisotopic (exact) mass is 289 g/mol. The Labute approximate surface area is 120 Å². The van der Waals surface area contributed by atoms with Crippen LogP contribution in [0.1, 0.15) is 45.5 Å². The van der Waals surface area contributed by atoms with Crippen molar-refractivity contribution in [3.05, 3.63) is 9.47 Å². The maximum absolute atomic E-state index is 5.83. The zero-order valence-electron chi connectivity index (χ0n) is 11.8. The minimum atomic E-state index is 0.540. The Kier molecular flexibility index (Phi) is 7.12. The number of rotatable bonds is 8. The third kappa shape index (κ3) is 6.66. The first-order chi connectivity index (χ1) is 8.47. The van der Waals surface area contributed by atoms with Gasteiger partial charge in [-0.25, -0.2) is 0 Å². The van der Waals surface area contributed by atoms with Gasteiger partial charge < -0.3 is 0 Å². The van der Waals surface area contributed by atoms with Gasteiger partial charge in [-0.15, -0.1) is 10.2 Å². The minimum Gasteiger partial charge on any atom is -0.297 e. The van der Waals surface area contributed by atoms with Crippen molar-refractivity contribution in [3.63, 3.8) is 0 Å². The summed E-state index contributed by atoms with van der Waals surface area (Å²) >= 11 is 7.31. The van der Waals surface area contributed by atoms with Gasteiger partial charge in [0, 0.05) is 0 Å².